The Morgan fingerprint density at radius 3 is 2.68 bits per heavy atom. The lowest BCUT2D eigenvalue weighted by molar-refractivity contribution is -0.385. The lowest BCUT2D eigenvalue weighted by Crippen LogP contribution is -2.01. The zero-order valence-electron chi connectivity index (χ0n) is 10.4. The standard InChI is InChI=1S/C14H13ClN2O2/c1-10-6-7-11(8-14(10)17(18)19)9-16-13-5-3-2-4-12(13)15/h2-8,16H,9H2,1H3. The number of anilines is 1. The van der Waals surface area contributed by atoms with Crippen molar-refractivity contribution in [2.75, 3.05) is 5.32 Å². The molecule has 0 saturated carbocycles. The fourth-order valence-electron chi connectivity index (χ4n) is 1.76. The summed E-state index contributed by atoms with van der Waals surface area (Å²) in [5, 5.41) is 14.7. The van der Waals surface area contributed by atoms with Crippen LogP contribution in [0.1, 0.15) is 11.1 Å². The number of benzene rings is 2. The number of nitro benzene ring substituents is 1. The normalized spacial score (nSPS) is 10.2. The number of nitro groups is 1. The van der Waals surface area contributed by atoms with Crippen LogP contribution in [0.4, 0.5) is 11.4 Å². The molecule has 2 aromatic carbocycles. The second-order valence-corrected chi connectivity index (χ2v) is 4.62. The molecule has 98 valence electrons. The molecule has 0 saturated heterocycles. The number of aryl methyl sites for hydroxylation is 1. The molecule has 0 heterocycles. The summed E-state index contributed by atoms with van der Waals surface area (Å²) in [5.41, 5.74) is 2.45. The number of rotatable bonds is 4. The van der Waals surface area contributed by atoms with Gasteiger partial charge in [-0.3, -0.25) is 10.1 Å². The highest BCUT2D eigenvalue weighted by molar-refractivity contribution is 6.33. The van der Waals surface area contributed by atoms with Gasteiger partial charge in [0.15, 0.2) is 0 Å². The van der Waals surface area contributed by atoms with Gasteiger partial charge in [-0.1, -0.05) is 35.9 Å². The van der Waals surface area contributed by atoms with Crippen LogP contribution in [0.3, 0.4) is 0 Å². The molecule has 0 fully saturated rings. The van der Waals surface area contributed by atoms with Crippen molar-refractivity contribution in [3.05, 3.63) is 68.7 Å². The molecular formula is C14H13ClN2O2. The van der Waals surface area contributed by atoms with Crippen molar-refractivity contribution in [3.63, 3.8) is 0 Å². The van der Waals surface area contributed by atoms with Crippen LogP contribution in [0, 0.1) is 17.0 Å². The Balaban J connectivity index is 2.14. The predicted molar refractivity (Wildman–Crippen MR) is 76.6 cm³/mol. The Hall–Kier alpha value is -2.07. The van der Waals surface area contributed by atoms with Crippen LogP contribution in [0.2, 0.25) is 5.02 Å². The minimum Gasteiger partial charge on any atom is -0.380 e. The van der Waals surface area contributed by atoms with Gasteiger partial charge in [-0.2, -0.15) is 0 Å². The maximum atomic E-state index is 10.9. The van der Waals surface area contributed by atoms with Crippen LogP contribution in [0.25, 0.3) is 0 Å². The Kier molecular flexibility index (Phi) is 4.02. The lowest BCUT2D eigenvalue weighted by Gasteiger charge is -2.08. The van der Waals surface area contributed by atoms with Crippen molar-refractivity contribution in [2.24, 2.45) is 0 Å². The highest BCUT2D eigenvalue weighted by Crippen LogP contribution is 2.23. The first-order valence-corrected chi connectivity index (χ1v) is 6.18. The Bertz CT molecular complexity index is 614. The van der Waals surface area contributed by atoms with Crippen LogP contribution < -0.4 is 5.32 Å². The molecule has 1 N–H and O–H groups in total. The molecule has 2 rings (SSSR count). The van der Waals surface area contributed by atoms with E-state index in [1.165, 1.54) is 0 Å². The van der Waals surface area contributed by atoms with E-state index in [2.05, 4.69) is 5.32 Å². The first-order chi connectivity index (χ1) is 9.08. The minimum atomic E-state index is -0.367. The summed E-state index contributed by atoms with van der Waals surface area (Å²) >= 11 is 6.03. The molecule has 0 aliphatic rings. The summed E-state index contributed by atoms with van der Waals surface area (Å²) in [6.07, 6.45) is 0. The monoisotopic (exact) mass is 276 g/mol. The Morgan fingerprint density at radius 2 is 2.00 bits per heavy atom. The molecule has 0 spiro atoms. The number of halogens is 1. The van der Waals surface area contributed by atoms with Gasteiger partial charge >= 0.3 is 0 Å². The van der Waals surface area contributed by atoms with E-state index >= 15 is 0 Å². The van der Waals surface area contributed by atoms with E-state index < -0.39 is 0 Å². The van der Waals surface area contributed by atoms with Gasteiger partial charge in [0.1, 0.15) is 0 Å². The summed E-state index contributed by atoms with van der Waals surface area (Å²) in [5.74, 6) is 0. The maximum absolute atomic E-state index is 10.9. The highest BCUT2D eigenvalue weighted by Gasteiger charge is 2.10. The van der Waals surface area contributed by atoms with Crippen LogP contribution in [-0.4, -0.2) is 4.92 Å². The van der Waals surface area contributed by atoms with Gasteiger partial charge in [-0.25, -0.2) is 0 Å². The molecular weight excluding hydrogens is 264 g/mol. The van der Waals surface area contributed by atoms with Crippen molar-refractivity contribution in [1.29, 1.82) is 0 Å². The molecule has 0 bridgehead atoms. The van der Waals surface area contributed by atoms with Crippen LogP contribution in [0.5, 0.6) is 0 Å². The van der Waals surface area contributed by atoms with Crippen LogP contribution >= 0.6 is 11.6 Å². The molecule has 0 radical (unpaired) electrons. The number of hydrogen-bond acceptors (Lipinski definition) is 3. The van der Waals surface area contributed by atoms with Gasteiger partial charge < -0.3 is 5.32 Å². The quantitative estimate of drug-likeness (QED) is 0.673. The van der Waals surface area contributed by atoms with Crippen LogP contribution in [-0.2, 0) is 6.54 Å². The van der Waals surface area contributed by atoms with Gasteiger partial charge in [0, 0.05) is 18.2 Å². The molecule has 0 aliphatic carbocycles. The molecule has 5 heteroatoms. The number of para-hydroxylation sites is 1. The fraction of sp³-hybridized carbons (Fsp3) is 0.143. The first-order valence-electron chi connectivity index (χ1n) is 5.80. The Labute approximate surface area is 116 Å². The highest BCUT2D eigenvalue weighted by atomic mass is 35.5. The van der Waals surface area contributed by atoms with Gasteiger partial charge in [-0.15, -0.1) is 0 Å². The third-order valence-electron chi connectivity index (χ3n) is 2.83. The summed E-state index contributed by atoms with van der Waals surface area (Å²) in [6.45, 7) is 2.22. The average Bonchev–Trinajstić information content (AvgIpc) is 2.39. The number of nitrogens with zero attached hydrogens (tertiary/aromatic N) is 1. The van der Waals surface area contributed by atoms with Crippen molar-refractivity contribution in [1.82, 2.24) is 0 Å². The van der Waals surface area contributed by atoms with Crippen LogP contribution in [0.15, 0.2) is 42.5 Å². The van der Waals surface area contributed by atoms with E-state index in [1.807, 2.05) is 24.3 Å². The number of nitrogens with one attached hydrogen (secondary N) is 1. The molecule has 0 atom stereocenters. The van der Waals surface area contributed by atoms with E-state index in [-0.39, 0.29) is 10.6 Å². The van der Waals surface area contributed by atoms with Gasteiger partial charge in [0.05, 0.1) is 15.6 Å². The SMILES string of the molecule is Cc1ccc(CNc2ccccc2Cl)cc1[N+](=O)[O-]. The molecule has 0 aromatic heterocycles. The topological polar surface area (TPSA) is 55.2 Å². The zero-order chi connectivity index (χ0) is 13.8. The second kappa shape index (κ2) is 5.71. The zero-order valence-corrected chi connectivity index (χ0v) is 11.1. The van der Waals surface area contributed by atoms with E-state index in [1.54, 1.807) is 25.1 Å². The largest absolute Gasteiger partial charge is 0.380 e. The predicted octanol–water partition coefficient (Wildman–Crippen LogP) is 4.17. The summed E-state index contributed by atoms with van der Waals surface area (Å²) in [7, 11) is 0. The third-order valence-corrected chi connectivity index (χ3v) is 3.16. The molecule has 2 aromatic rings. The summed E-state index contributed by atoms with van der Waals surface area (Å²) in [6, 6.07) is 12.6. The molecule has 0 aliphatic heterocycles. The van der Waals surface area contributed by atoms with Gasteiger partial charge in [-0.05, 0) is 24.6 Å². The van der Waals surface area contributed by atoms with Crippen molar-refractivity contribution < 1.29 is 4.92 Å². The summed E-state index contributed by atoms with van der Waals surface area (Å²) in [4.78, 5) is 10.5. The molecule has 0 unspecified atom stereocenters. The summed E-state index contributed by atoms with van der Waals surface area (Å²) < 4.78 is 0. The Morgan fingerprint density at radius 1 is 1.26 bits per heavy atom. The molecule has 0 amide bonds. The molecule has 19 heavy (non-hydrogen) atoms. The minimum absolute atomic E-state index is 0.137. The van der Waals surface area contributed by atoms with Gasteiger partial charge in [0.2, 0.25) is 0 Å². The van der Waals surface area contributed by atoms with Crippen molar-refractivity contribution in [3.8, 4) is 0 Å². The maximum Gasteiger partial charge on any atom is 0.272 e. The van der Waals surface area contributed by atoms with Crippen molar-refractivity contribution in [2.45, 2.75) is 13.5 Å². The van der Waals surface area contributed by atoms with Crippen molar-refractivity contribution >= 4 is 23.0 Å². The molecule has 4 nitrogen and oxygen atoms in total. The van der Waals surface area contributed by atoms with E-state index in [0.717, 1.165) is 11.3 Å². The van der Waals surface area contributed by atoms with E-state index in [0.29, 0.717) is 17.1 Å². The fourth-order valence-corrected chi connectivity index (χ4v) is 1.97. The average molecular weight is 277 g/mol. The van der Waals surface area contributed by atoms with Gasteiger partial charge in [0.25, 0.3) is 5.69 Å². The lowest BCUT2D eigenvalue weighted by atomic mass is 10.1. The van der Waals surface area contributed by atoms with E-state index in [9.17, 15) is 10.1 Å². The number of hydrogen-bond donors (Lipinski definition) is 1. The first kappa shape index (κ1) is 13.4. The third kappa shape index (κ3) is 3.23. The smallest absolute Gasteiger partial charge is 0.272 e. The van der Waals surface area contributed by atoms with E-state index in [4.69, 9.17) is 11.6 Å². The second-order valence-electron chi connectivity index (χ2n) is 4.21.